The summed E-state index contributed by atoms with van der Waals surface area (Å²) in [4.78, 5) is 18.5. The molecule has 0 saturated carbocycles. The van der Waals surface area contributed by atoms with Gasteiger partial charge in [-0.2, -0.15) is 30.2 Å². The van der Waals surface area contributed by atoms with Crippen molar-refractivity contribution >= 4 is 38.4 Å². The second-order valence-electron chi connectivity index (χ2n) is 8.27. The number of nitrogens with zero attached hydrogens (tertiary/aromatic N) is 4. The molecule has 0 spiro atoms. The Hall–Kier alpha value is -3.22. The summed E-state index contributed by atoms with van der Waals surface area (Å²) in [5, 5.41) is 3.69. The molecule has 1 aromatic heterocycles. The Labute approximate surface area is 201 Å². The van der Waals surface area contributed by atoms with E-state index < -0.39 is 21.9 Å². The van der Waals surface area contributed by atoms with Gasteiger partial charge in [-0.05, 0) is 42.5 Å². The standard InChI is InChI=1S/C23H24F3N5O3S/c1-29(2)35(33,34)31-13-11-30(12-14-31)22(32)16-3-6-18(7-4-16)28-20-9-10-27-21-15-17(23(24,25)26)5-8-19(20)21/h3-10,15H,11-14H2,1-2H3,(H,27,28). The van der Waals surface area contributed by atoms with E-state index in [4.69, 9.17) is 0 Å². The first kappa shape index (κ1) is 24.9. The number of carbonyl (C=O) groups is 1. The predicted molar refractivity (Wildman–Crippen MR) is 127 cm³/mol. The Morgan fingerprint density at radius 3 is 2.26 bits per heavy atom. The van der Waals surface area contributed by atoms with E-state index in [1.54, 1.807) is 35.2 Å². The summed E-state index contributed by atoms with van der Waals surface area (Å²) < 4.78 is 66.0. The number of pyridine rings is 1. The molecule has 1 fully saturated rings. The van der Waals surface area contributed by atoms with E-state index in [1.165, 1.54) is 30.7 Å². The van der Waals surface area contributed by atoms with Gasteiger partial charge in [0.25, 0.3) is 16.1 Å². The third-order valence-corrected chi connectivity index (χ3v) is 7.74. The number of fused-ring (bicyclic) bond motifs is 1. The fraction of sp³-hybridized carbons (Fsp3) is 0.304. The zero-order chi connectivity index (χ0) is 25.4. The number of hydrogen-bond donors (Lipinski definition) is 1. The molecule has 1 N–H and O–H groups in total. The lowest BCUT2D eigenvalue weighted by Gasteiger charge is -2.35. The minimum Gasteiger partial charge on any atom is -0.355 e. The molecule has 1 aliphatic heterocycles. The number of amides is 1. The van der Waals surface area contributed by atoms with Gasteiger partial charge in [0.1, 0.15) is 0 Å². The Kier molecular flexibility index (Phi) is 6.71. The van der Waals surface area contributed by atoms with Crippen molar-refractivity contribution in [3.8, 4) is 0 Å². The normalized spacial score (nSPS) is 15.5. The predicted octanol–water partition coefficient (Wildman–Crippen LogP) is 3.56. The van der Waals surface area contributed by atoms with Crippen LogP contribution in [0.5, 0.6) is 0 Å². The van der Waals surface area contributed by atoms with Crippen molar-refractivity contribution < 1.29 is 26.4 Å². The van der Waals surface area contributed by atoms with Crippen molar-refractivity contribution in [2.75, 3.05) is 45.6 Å². The van der Waals surface area contributed by atoms with Crippen LogP contribution in [0.4, 0.5) is 24.5 Å². The monoisotopic (exact) mass is 507 g/mol. The Morgan fingerprint density at radius 2 is 1.66 bits per heavy atom. The molecule has 2 heterocycles. The summed E-state index contributed by atoms with van der Waals surface area (Å²) in [5.74, 6) is -0.201. The molecule has 0 unspecified atom stereocenters. The van der Waals surface area contributed by atoms with Gasteiger partial charge in [0.2, 0.25) is 0 Å². The molecule has 1 amide bonds. The molecule has 8 nitrogen and oxygen atoms in total. The summed E-state index contributed by atoms with van der Waals surface area (Å²) in [6, 6.07) is 11.8. The SMILES string of the molecule is CN(C)S(=O)(=O)N1CCN(C(=O)c2ccc(Nc3ccnc4cc(C(F)(F)F)ccc34)cc2)CC1. The fourth-order valence-corrected chi connectivity index (χ4v) is 4.91. The van der Waals surface area contributed by atoms with Crippen LogP contribution in [-0.2, 0) is 16.4 Å². The molecule has 0 radical (unpaired) electrons. The van der Waals surface area contributed by atoms with Gasteiger partial charge in [0.15, 0.2) is 0 Å². The number of carbonyl (C=O) groups excluding carboxylic acids is 1. The van der Waals surface area contributed by atoms with E-state index in [1.807, 2.05) is 0 Å². The highest BCUT2D eigenvalue weighted by atomic mass is 32.2. The maximum Gasteiger partial charge on any atom is 0.416 e. The van der Waals surface area contributed by atoms with Crippen LogP contribution < -0.4 is 5.32 Å². The second kappa shape index (κ2) is 9.44. The highest BCUT2D eigenvalue weighted by Gasteiger charge is 2.31. The van der Waals surface area contributed by atoms with Crippen molar-refractivity contribution in [3.05, 3.63) is 65.9 Å². The Morgan fingerprint density at radius 1 is 1.00 bits per heavy atom. The molecule has 1 aliphatic rings. The summed E-state index contributed by atoms with van der Waals surface area (Å²) >= 11 is 0. The van der Waals surface area contributed by atoms with Gasteiger partial charge in [-0.1, -0.05) is 6.07 Å². The van der Waals surface area contributed by atoms with Gasteiger partial charge in [-0.15, -0.1) is 0 Å². The molecule has 2 aromatic carbocycles. The number of benzene rings is 2. The van der Waals surface area contributed by atoms with Crippen LogP contribution in [0.2, 0.25) is 0 Å². The molecule has 3 aromatic rings. The lowest BCUT2D eigenvalue weighted by atomic mass is 10.1. The van der Waals surface area contributed by atoms with Crippen LogP contribution >= 0.6 is 0 Å². The van der Waals surface area contributed by atoms with Gasteiger partial charge in [-0.3, -0.25) is 9.78 Å². The molecule has 0 atom stereocenters. The minimum absolute atomic E-state index is 0.201. The highest BCUT2D eigenvalue weighted by Crippen LogP contribution is 2.33. The second-order valence-corrected chi connectivity index (χ2v) is 10.4. The summed E-state index contributed by atoms with van der Waals surface area (Å²) in [6.45, 7) is 1.01. The third kappa shape index (κ3) is 5.24. The minimum atomic E-state index is -4.45. The third-order valence-electron chi connectivity index (χ3n) is 5.79. The quantitative estimate of drug-likeness (QED) is 0.571. The average molecular weight is 508 g/mol. The van der Waals surface area contributed by atoms with E-state index in [-0.39, 0.29) is 37.6 Å². The molecule has 35 heavy (non-hydrogen) atoms. The van der Waals surface area contributed by atoms with Crippen LogP contribution in [0.15, 0.2) is 54.7 Å². The van der Waals surface area contributed by atoms with Gasteiger partial charge < -0.3 is 10.2 Å². The van der Waals surface area contributed by atoms with E-state index >= 15 is 0 Å². The number of halogens is 3. The van der Waals surface area contributed by atoms with Crippen LogP contribution in [0.1, 0.15) is 15.9 Å². The lowest BCUT2D eigenvalue weighted by Crippen LogP contribution is -2.53. The largest absolute Gasteiger partial charge is 0.416 e. The highest BCUT2D eigenvalue weighted by molar-refractivity contribution is 7.86. The number of piperazine rings is 1. The zero-order valence-corrected chi connectivity index (χ0v) is 19.9. The lowest BCUT2D eigenvalue weighted by molar-refractivity contribution is -0.137. The molecule has 1 saturated heterocycles. The molecule has 186 valence electrons. The van der Waals surface area contributed by atoms with E-state index in [9.17, 15) is 26.4 Å². The maximum atomic E-state index is 13.0. The number of hydrogen-bond acceptors (Lipinski definition) is 5. The smallest absolute Gasteiger partial charge is 0.355 e. The Balaban J connectivity index is 1.44. The average Bonchev–Trinajstić information content (AvgIpc) is 2.83. The van der Waals surface area contributed by atoms with Gasteiger partial charge >= 0.3 is 6.18 Å². The van der Waals surface area contributed by atoms with Gasteiger partial charge in [0.05, 0.1) is 11.1 Å². The fourth-order valence-electron chi connectivity index (χ4n) is 3.82. The molecule has 12 heteroatoms. The van der Waals surface area contributed by atoms with Crippen molar-refractivity contribution in [1.82, 2.24) is 18.5 Å². The molecule has 0 aliphatic carbocycles. The summed E-state index contributed by atoms with van der Waals surface area (Å²) in [5.41, 5.74) is 1.13. The number of nitrogens with one attached hydrogen (secondary N) is 1. The topological polar surface area (TPSA) is 85.9 Å². The van der Waals surface area contributed by atoms with Gasteiger partial charge in [0, 0.05) is 68.8 Å². The maximum absolute atomic E-state index is 13.0. The van der Waals surface area contributed by atoms with E-state index in [0.29, 0.717) is 22.3 Å². The number of aromatic nitrogens is 1. The number of anilines is 2. The zero-order valence-electron chi connectivity index (χ0n) is 19.1. The first-order valence-electron chi connectivity index (χ1n) is 10.8. The number of rotatable bonds is 5. The van der Waals surface area contributed by atoms with Crippen molar-refractivity contribution in [1.29, 1.82) is 0 Å². The molecule has 0 bridgehead atoms. The molecular weight excluding hydrogens is 483 g/mol. The first-order valence-corrected chi connectivity index (χ1v) is 12.2. The Bertz CT molecular complexity index is 1340. The van der Waals surface area contributed by atoms with Crippen LogP contribution in [-0.4, -0.2) is 73.1 Å². The van der Waals surface area contributed by atoms with Crippen LogP contribution in [0, 0.1) is 0 Å². The van der Waals surface area contributed by atoms with E-state index in [0.717, 1.165) is 16.4 Å². The first-order chi connectivity index (χ1) is 16.5. The van der Waals surface area contributed by atoms with Crippen molar-refractivity contribution in [2.24, 2.45) is 0 Å². The summed E-state index contributed by atoms with van der Waals surface area (Å²) in [7, 11) is -0.576. The van der Waals surface area contributed by atoms with Crippen molar-refractivity contribution in [2.45, 2.75) is 6.18 Å². The summed E-state index contributed by atoms with van der Waals surface area (Å²) in [6.07, 6.45) is -3.02. The number of alkyl halides is 3. The van der Waals surface area contributed by atoms with Crippen molar-refractivity contribution in [3.63, 3.8) is 0 Å². The van der Waals surface area contributed by atoms with Gasteiger partial charge in [-0.25, -0.2) is 0 Å². The molecular formula is C23H24F3N5O3S. The van der Waals surface area contributed by atoms with Crippen LogP contribution in [0.3, 0.4) is 0 Å². The molecule has 4 rings (SSSR count). The van der Waals surface area contributed by atoms with Crippen LogP contribution in [0.25, 0.3) is 10.9 Å². The van der Waals surface area contributed by atoms with E-state index in [2.05, 4.69) is 10.3 Å².